The average Bonchev–Trinajstić information content (AvgIpc) is 3.09. The number of terminal acetylenes is 1. The van der Waals surface area contributed by atoms with E-state index in [1.165, 1.54) is 32.1 Å². The molecule has 0 aromatic carbocycles. The van der Waals surface area contributed by atoms with E-state index in [0.29, 0.717) is 36.5 Å². The fraction of sp³-hybridized carbons (Fsp3) is 0.500. The van der Waals surface area contributed by atoms with Crippen LogP contribution in [0.4, 0.5) is 0 Å². The largest absolute Gasteiger partial charge is 0.119 e. The molecule has 0 saturated carbocycles. The minimum absolute atomic E-state index is 0.536. The highest BCUT2D eigenvalue weighted by Crippen LogP contribution is 2.08. The van der Waals surface area contributed by atoms with E-state index in [1.807, 2.05) is 18.2 Å². The van der Waals surface area contributed by atoms with Crippen molar-refractivity contribution in [1.82, 2.24) is 0 Å². The number of rotatable bonds is 18. The maximum absolute atomic E-state index is 5.07. The van der Waals surface area contributed by atoms with Crippen LogP contribution in [-0.2, 0) is 0 Å². The molecule has 0 aliphatic heterocycles. The topological polar surface area (TPSA) is 0 Å². The summed E-state index contributed by atoms with van der Waals surface area (Å²) in [7, 11) is 0. The summed E-state index contributed by atoms with van der Waals surface area (Å²) in [5.74, 6) is 22.9. The molecule has 0 amide bonds. The third-order valence-electron chi connectivity index (χ3n) is 6.68. The van der Waals surface area contributed by atoms with Gasteiger partial charge in [0.15, 0.2) is 0 Å². The molecular formula is C48H69I. The molecule has 0 aromatic rings. The molecule has 268 valence electrons. The van der Waals surface area contributed by atoms with Crippen molar-refractivity contribution in [3.63, 3.8) is 0 Å². The lowest BCUT2D eigenvalue weighted by Gasteiger charge is -1.98. The number of unbranched alkanes of at least 4 members (excludes halogenated alkanes) is 2. The van der Waals surface area contributed by atoms with Crippen molar-refractivity contribution in [2.45, 2.75) is 132 Å². The molecule has 0 unspecified atom stereocenters. The van der Waals surface area contributed by atoms with Crippen molar-refractivity contribution >= 4 is 22.6 Å². The summed E-state index contributed by atoms with van der Waals surface area (Å²) >= 11 is 2.27. The quantitative estimate of drug-likeness (QED) is 0.0739. The lowest BCUT2D eigenvalue weighted by atomic mass is 10.1. The number of allylic oxidation sites excluding steroid dienone is 15. The summed E-state index contributed by atoms with van der Waals surface area (Å²) in [6.45, 7) is 17.6. The molecule has 0 nitrogen and oxygen atoms in total. The zero-order chi connectivity index (χ0) is 37.1. The van der Waals surface area contributed by atoms with Gasteiger partial charge in [-0.1, -0.05) is 205 Å². The van der Waals surface area contributed by atoms with Crippen molar-refractivity contribution in [1.29, 1.82) is 0 Å². The molecule has 0 aliphatic rings. The van der Waals surface area contributed by atoms with Crippen molar-refractivity contribution < 1.29 is 0 Å². The van der Waals surface area contributed by atoms with Gasteiger partial charge in [0.05, 0.1) is 12.8 Å². The second kappa shape index (κ2) is 44.9. The molecule has 0 spiro atoms. The van der Waals surface area contributed by atoms with Crippen LogP contribution in [0.2, 0.25) is 0 Å². The van der Waals surface area contributed by atoms with Gasteiger partial charge in [0.2, 0.25) is 0 Å². The molecule has 0 bridgehead atoms. The first-order valence-electron chi connectivity index (χ1n) is 18.6. The standard InChI is InChI=1S/C24H34.C14H18.C10H17I/c1-5-7-9-16-20-24(4)22-18-14-12-10-11-13-17-21-23(3)19-15-8-6-2;1-4-6-8-9-11-13-14(3)12-10-7-5-2;1-3-4-5-6-7-10(2)8-9-11/h8-9,15-18,21-24H,5-7,10,19-20H2,1-4H3;1,7,10-11,13-14H,5-6,12H2,2-3H3;5-6,8-10H,3-4,7H2,1-2H3/b15-8-,16-9-,21-17+,22-18+;10-7-,13-11+;6-5-,9-8+/t23-,24-;14-;10-/m000/s1. The van der Waals surface area contributed by atoms with Gasteiger partial charge in [0.1, 0.15) is 0 Å². The van der Waals surface area contributed by atoms with E-state index >= 15 is 0 Å². The summed E-state index contributed by atoms with van der Waals surface area (Å²) in [5.41, 5.74) is 0. The Kier molecular flexibility index (Phi) is 46.1. The predicted octanol–water partition coefficient (Wildman–Crippen LogP) is 14.7. The van der Waals surface area contributed by atoms with Crippen LogP contribution in [0.3, 0.4) is 0 Å². The molecule has 0 saturated heterocycles. The Balaban J connectivity index is -0.000000715. The Labute approximate surface area is 320 Å². The van der Waals surface area contributed by atoms with Gasteiger partial charge in [-0.3, -0.25) is 0 Å². The summed E-state index contributed by atoms with van der Waals surface area (Å²) < 4.78 is 2.09. The van der Waals surface area contributed by atoms with Gasteiger partial charge in [-0.2, -0.15) is 0 Å². The van der Waals surface area contributed by atoms with E-state index < -0.39 is 0 Å². The summed E-state index contributed by atoms with van der Waals surface area (Å²) in [6.07, 6.45) is 50.2. The van der Waals surface area contributed by atoms with Crippen LogP contribution in [0.25, 0.3) is 0 Å². The third-order valence-corrected chi connectivity index (χ3v) is 7.09. The summed E-state index contributed by atoms with van der Waals surface area (Å²) in [4.78, 5) is 0. The Morgan fingerprint density at radius 2 is 0.837 bits per heavy atom. The van der Waals surface area contributed by atoms with Gasteiger partial charge in [-0.25, -0.2) is 0 Å². The minimum Gasteiger partial charge on any atom is -0.119 e. The van der Waals surface area contributed by atoms with Gasteiger partial charge in [0, 0.05) is 0 Å². The molecular weight excluding hydrogens is 703 g/mol. The first-order chi connectivity index (χ1) is 23.8. The van der Waals surface area contributed by atoms with E-state index in [9.17, 15) is 0 Å². The highest BCUT2D eigenvalue weighted by Gasteiger charge is 1.93. The Morgan fingerprint density at radius 1 is 0.490 bits per heavy atom. The van der Waals surface area contributed by atoms with E-state index in [1.54, 1.807) is 0 Å². The Bertz CT molecular complexity index is 1200. The van der Waals surface area contributed by atoms with Crippen LogP contribution in [0.1, 0.15) is 132 Å². The molecule has 49 heavy (non-hydrogen) atoms. The molecule has 0 aromatic heterocycles. The van der Waals surface area contributed by atoms with Crippen molar-refractivity contribution in [3.8, 4) is 47.9 Å². The summed E-state index contributed by atoms with van der Waals surface area (Å²) in [5, 5.41) is 0. The third kappa shape index (κ3) is 49.4. The van der Waals surface area contributed by atoms with E-state index in [2.05, 4.69) is 196 Å². The van der Waals surface area contributed by atoms with E-state index in [4.69, 9.17) is 6.42 Å². The van der Waals surface area contributed by atoms with Crippen LogP contribution in [0.5, 0.6) is 0 Å². The normalized spacial score (nSPS) is 13.7. The van der Waals surface area contributed by atoms with Gasteiger partial charge in [-0.15, -0.1) is 6.42 Å². The van der Waals surface area contributed by atoms with Crippen LogP contribution in [-0.4, -0.2) is 0 Å². The smallest absolute Gasteiger partial charge is 0.0709 e. The highest BCUT2D eigenvalue weighted by atomic mass is 127. The Morgan fingerprint density at radius 3 is 1.16 bits per heavy atom. The van der Waals surface area contributed by atoms with Gasteiger partial charge in [-0.05, 0) is 97.3 Å². The lowest BCUT2D eigenvalue weighted by Crippen LogP contribution is -1.85. The fourth-order valence-electron chi connectivity index (χ4n) is 3.65. The zero-order valence-corrected chi connectivity index (χ0v) is 34.6. The van der Waals surface area contributed by atoms with E-state index in [-0.39, 0.29) is 0 Å². The molecule has 0 radical (unpaired) electrons. The molecule has 1 heteroatoms. The second-order valence-electron chi connectivity index (χ2n) is 12.0. The lowest BCUT2D eigenvalue weighted by molar-refractivity contribution is 0.741. The highest BCUT2D eigenvalue weighted by molar-refractivity contribution is 14.1. The van der Waals surface area contributed by atoms with Crippen LogP contribution in [0.15, 0.2) is 95.2 Å². The van der Waals surface area contributed by atoms with Gasteiger partial charge >= 0.3 is 0 Å². The van der Waals surface area contributed by atoms with E-state index in [0.717, 1.165) is 32.1 Å². The first-order valence-corrected chi connectivity index (χ1v) is 19.8. The Hall–Kier alpha value is -3.11. The van der Waals surface area contributed by atoms with Crippen LogP contribution < -0.4 is 0 Å². The minimum atomic E-state index is 0.536. The average molecular weight is 773 g/mol. The monoisotopic (exact) mass is 772 g/mol. The molecule has 0 rings (SSSR count). The zero-order valence-electron chi connectivity index (χ0n) is 32.5. The first kappa shape index (κ1) is 50.3. The molecule has 4 atom stereocenters. The molecule has 0 aliphatic carbocycles. The van der Waals surface area contributed by atoms with Crippen molar-refractivity contribution in [3.05, 3.63) is 95.2 Å². The van der Waals surface area contributed by atoms with Crippen molar-refractivity contribution in [2.24, 2.45) is 23.7 Å². The molecule has 0 N–H and O–H groups in total. The van der Waals surface area contributed by atoms with Crippen LogP contribution >= 0.6 is 22.6 Å². The predicted molar refractivity (Wildman–Crippen MR) is 234 cm³/mol. The maximum Gasteiger partial charge on any atom is 0.0709 e. The SMILES string of the molecule is C#CCC#C/C=C/[C@@H](C)C/C=C\CC.CC/C=C\C[C@H](C)/C=C/C#CCC#C/C=C/[C@@H](C)C/C=C\CCC.CCC/C=C\C[C@H](C)/C=C/I. The molecule has 0 fully saturated rings. The van der Waals surface area contributed by atoms with Crippen LogP contribution in [0, 0.1) is 71.5 Å². The number of halogens is 1. The second-order valence-corrected chi connectivity index (χ2v) is 12.8. The van der Waals surface area contributed by atoms with Gasteiger partial charge < -0.3 is 0 Å². The van der Waals surface area contributed by atoms with Crippen molar-refractivity contribution in [2.75, 3.05) is 0 Å². The van der Waals surface area contributed by atoms with Gasteiger partial charge in [0.25, 0.3) is 0 Å². The number of hydrogen-bond donors (Lipinski definition) is 0. The summed E-state index contributed by atoms with van der Waals surface area (Å²) in [6, 6.07) is 0. The molecule has 0 heterocycles. The fourth-order valence-corrected chi connectivity index (χ4v) is 4.36. The number of hydrogen-bond acceptors (Lipinski definition) is 0. The maximum atomic E-state index is 5.07.